The molecule has 0 radical (unpaired) electrons. The first-order valence-electron chi connectivity index (χ1n) is 10.8. The van der Waals surface area contributed by atoms with Crippen molar-refractivity contribution >= 4 is 17.5 Å². The lowest BCUT2D eigenvalue weighted by Gasteiger charge is -2.29. The van der Waals surface area contributed by atoms with Crippen LogP contribution in [0.25, 0.3) is 0 Å². The number of hydrogen-bond acceptors (Lipinski definition) is 6. The maximum Gasteiger partial charge on any atom is 0.311 e. The highest BCUT2D eigenvalue weighted by Gasteiger charge is 2.27. The van der Waals surface area contributed by atoms with Gasteiger partial charge in [-0.05, 0) is 38.8 Å². The molecule has 0 fully saturated rings. The third-order valence-corrected chi connectivity index (χ3v) is 5.35. The Balaban J connectivity index is 2.19. The molecule has 2 aromatic carbocycles. The maximum atomic E-state index is 13.1. The summed E-state index contributed by atoms with van der Waals surface area (Å²) in [6, 6.07) is 11.0. The highest BCUT2D eigenvalue weighted by molar-refractivity contribution is 5.88. The van der Waals surface area contributed by atoms with E-state index in [2.05, 4.69) is 5.32 Å². The number of hydrogen-bond donors (Lipinski definition) is 1. The van der Waals surface area contributed by atoms with Gasteiger partial charge in [0.2, 0.25) is 11.7 Å². The molecule has 2 amide bonds. The molecule has 1 N–H and O–H groups in total. The molecule has 2 atom stereocenters. The summed E-state index contributed by atoms with van der Waals surface area (Å²) >= 11 is 0. The van der Waals surface area contributed by atoms with Gasteiger partial charge in [-0.1, -0.05) is 36.8 Å². The van der Waals surface area contributed by atoms with Crippen molar-refractivity contribution in [1.29, 1.82) is 0 Å². The van der Waals surface area contributed by atoms with Crippen molar-refractivity contribution < 1.29 is 24.0 Å². The van der Waals surface area contributed by atoms with Crippen molar-refractivity contribution in [3.8, 4) is 11.5 Å². The number of carbonyl (C=O) groups excluding carboxylic acids is 2. The molecule has 0 saturated carbocycles. The standard InChI is InChI=1S/C24H31N3O6/c1-6-17(3)25-24(29)18(4)26(14-19-9-7-16(2)8-10-19)23(28)15-33-20-11-12-21(27(30)31)22(13-20)32-5/h7-13,17-18H,6,14-15H2,1-5H3,(H,25,29)/t17-,18+/m0/s1. The molecular formula is C24H31N3O6. The van der Waals surface area contributed by atoms with Crippen LogP contribution < -0.4 is 14.8 Å². The number of nitrogens with one attached hydrogen (secondary N) is 1. The summed E-state index contributed by atoms with van der Waals surface area (Å²) < 4.78 is 10.6. The first-order valence-corrected chi connectivity index (χ1v) is 10.8. The number of carbonyl (C=O) groups is 2. The van der Waals surface area contributed by atoms with Crippen LogP contribution in [0.4, 0.5) is 5.69 Å². The molecule has 9 heteroatoms. The predicted molar refractivity (Wildman–Crippen MR) is 124 cm³/mol. The Morgan fingerprint density at radius 2 is 1.82 bits per heavy atom. The number of nitrogens with zero attached hydrogens (tertiary/aromatic N) is 2. The van der Waals surface area contributed by atoms with E-state index in [4.69, 9.17) is 9.47 Å². The highest BCUT2D eigenvalue weighted by atomic mass is 16.6. The van der Waals surface area contributed by atoms with Gasteiger partial charge in [0.15, 0.2) is 6.61 Å². The third-order valence-electron chi connectivity index (χ3n) is 5.35. The lowest BCUT2D eigenvalue weighted by atomic mass is 10.1. The van der Waals surface area contributed by atoms with Gasteiger partial charge in [-0.2, -0.15) is 0 Å². The van der Waals surface area contributed by atoms with Crippen molar-refractivity contribution in [2.45, 2.75) is 52.7 Å². The molecule has 0 bridgehead atoms. The van der Waals surface area contributed by atoms with Crippen LogP contribution in [0.2, 0.25) is 0 Å². The summed E-state index contributed by atoms with van der Waals surface area (Å²) in [5, 5.41) is 14.0. The van der Waals surface area contributed by atoms with E-state index in [1.807, 2.05) is 45.0 Å². The Morgan fingerprint density at radius 3 is 2.39 bits per heavy atom. The van der Waals surface area contributed by atoms with Gasteiger partial charge in [0.25, 0.3) is 5.91 Å². The highest BCUT2D eigenvalue weighted by Crippen LogP contribution is 2.30. The second-order valence-corrected chi connectivity index (χ2v) is 7.88. The lowest BCUT2D eigenvalue weighted by molar-refractivity contribution is -0.385. The largest absolute Gasteiger partial charge is 0.490 e. The molecule has 178 valence electrons. The Kier molecular flexibility index (Phi) is 9.20. The molecule has 0 heterocycles. The second kappa shape index (κ2) is 11.8. The van der Waals surface area contributed by atoms with Crippen molar-refractivity contribution in [2.24, 2.45) is 0 Å². The summed E-state index contributed by atoms with van der Waals surface area (Å²) in [4.78, 5) is 37.8. The number of benzene rings is 2. The Morgan fingerprint density at radius 1 is 1.15 bits per heavy atom. The summed E-state index contributed by atoms with van der Waals surface area (Å²) in [6.07, 6.45) is 0.773. The smallest absolute Gasteiger partial charge is 0.311 e. The van der Waals surface area contributed by atoms with Gasteiger partial charge < -0.3 is 19.7 Å². The van der Waals surface area contributed by atoms with Gasteiger partial charge in [-0.3, -0.25) is 19.7 Å². The molecule has 0 saturated heterocycles. The van der Waals surface area contributed by atoms with E-state index < -0.39 is 11.0 Å². The topological polar surface area (TPSA) is 111 Å². The van der Waals surface area contributed by atoms with Crippen molar-refractivity contribution in [1.82, 2.24) is 10.2 Å². The van der Waals surface area contributed by atoms with Gasteiger partial charge in [0, 0.05) is 24.7 Å². The van der Waals surface area contributed by atoms with Crippen LogP contribution in [0.5, 0.6) is 11.5 Å². The van der Waals surface area contributed by atoms with Crippen LogP contribution in [0, 0.1) is 17.0 Å². The molecule has 0 unspecified atom stereocenters. The van der Waals surface area contributed by atoms with E-state index in [0.29, 0.717) is 0 Å². The number of ether oxygens (including phenoxy) is 2. The average Bonchev–Trinajstić information content (AvgIpc) is 2.81. The Bertz CT molecular complexity index is 977. The van der Waals surface area contributed by atoms with E-state index in [1.165, 1.54) is 30.2 Å². The minimum absolute atomic E-state index is 0.0138. The zero-order valence-corrected chi connectivity index (χ0v) is 19.7. The predicted octanol–water partition coefficient (Wildman–Crippen LogP) is 3.62. The minimum atomic E-state index is -0.720. The second-order valence-electron chi connectivity index (χ2n) is 7.88. The average molecular weight is 458 g/mol. The first-order chi connectivity index (χ1) is 15.7. The summed E-state index contributed by atoms with van der Waals surface area (Å²) in [7, 11) is 1.32. The van der Waals surface area contributed by atoms with E-state index in [0.717, 1.165) is 17.5 Å². The lowest BCUT2D eigenvalue weighted by Crippen LogP contribution is -2.50. The van der Waals surface area contributed by atoms with Gasteiger partial charge in [-0.25, -0.2) is 0 Å². The quantitative estimate of drug-likeness (QED) is 0.408. The van der Waals surface area contributed by atoms with E-state index in [1.54, 1.807) is 6.92 Å². The third kappa shape index (κ3) is 7.20. The van der Waals surface area contributed by atoms with Crippen LogP contribution in [0.15, 0.2) is 42.5 Å². The number of nitro groups is 1. The van der Waals surface area contributed by atoms with Crippen molar-refractivity contribution in [3.05, 3.63) is 63.7 Å². The van der Waals surface area contributed by atoms with Gasteiger partial charge >= 0.3 is 5.69 Å². The van der Waals surface area contributed by atoms with Gasteiger partial charge in [0.05, 0.1) is 12.0 Å². The molecule has 0 aliphatic heterocycles. The fourth-order valence-electron chi connectivity index (χ4n) is 3.06. The number of amides is 2. The van der Waals surface area contributed by atoms with Gasteiger partial charge in [-0.15, -0.1) is 0 Å². The van der Waals surface area contributed by atoms with Crippen molar-refractivity contribution in [2.75, 3.05) is 13.7 Å². The molecule has 0 aromatic heterocycles. The van der Waals surface area contributed by atoms with Crippen LogP contribution in [0.3, 0.4) is 0 Å². The summed E-state index contributed by atoms with van der Waals surface area (Å²) in [5.74, 6) is -0.359. The zero-order valence-electron chi connectivity index (χ0n) is 19.7. The molecule has 0 spiro atoms. The SMILES string of the molecule is CC[C@H](C)NC(=O)[C@@H](C)N(Cc1ccc(C)cc1)C(=O)COc1ccc([N+](=O)[O-])c(OC)c1. The summed E-state index contributed by atoms with van der Waals surface area (Å²) in [5.41, 5.74) is 1.77. The number of aryl methyl sites for hydroxylation is 1. The summed E-state index contributed by atoms with van der Waals surface area (Å²) in [6.45, 7) is 7.42. The first kappa shape index (κ1) is 25.6. The molecular weight excluding hydrogens is 426 g/mol. The van der Waals surface area contributed by atoms with E-state index in [9.17, 15) is 19.7 Å². The fourth-order valence-corrected chi connectivity index (χ4v) is 3.06. The normalized spacial score (nSPS) is 12.4. The number of methoxy groups -OCH3 is 1. The zero-order chi connectivity index (χ0) is 24.5. The molecule has 2 aromatic rings. The Labute approximate surface area is 193 Å². The van der Waals surface area contributed by atoms with Crippen molar-refractivity contribution in [3.63, 3.8) is 0 Å². The fraction of sp³-hybridized carbons (Fsp3) is 0.417. The molecule has 2 rings (SSSR count). The molecule has 33 heavy (non-hydrogen) atoms. The van der Waals surface area contributed by atoms with E-state index >= 15 is 0 Å². The molecule has 0 aliphatic rings. The Hall–Kier alpha value is -3.62. The molecule has 0 aliphatic carbocycles. The van der Waals surface area contributed by atoms with E-state index in [-0.39, 0.29) is 48.2 Å². The van der Waals surface area contributed by atoms with Crippen LogP contribution in [-0.4, -0.2) is 47.4 Å². The van der Waals surface area contributed by atoms with Crippen LogP contribution in [0.1, 0.15) is 38.3 Å². The minimum Gasteiger partial charge on any atom is -0.490 e. The van der Waals surface area contributed by atoms with Crippen LogP contribution >= 0.6 is 0 Å². The monoisotopic (exact) mass is 457 g/mol. The maximum absolute atomic E-state index is 13.1. The number of rotatable bonds is 11. The van der Waals surface area contributed by atoms with Gasteiger partial charge in [0.1, 0.15) is 11.8 Å². The number of nitro benzene ring substituents is 1. The molecule has 9 nitrogen and oxygen atoms in total. The van der Waals surface area contributed by atoms with Crippen LogP contribution in [-0.2, 0) is 16.1 Å².